The maximum absolute atomic E-state index is 5.81. The highest BCUT2D eigenvalue weighted by Gasteiger charge is 2.19. The first-order valence-electron chi connectivity index (χ1n) is 5.80. The van der Waals surface area contributed by atoms with Gasteiger partial charge in [0, 0.05) is 12.1 Å². The van der Waals surface area contributed by atoms with E-state index in [1.165, 1.54) is 0 Å². The summed E-state index contributed by atoms with van der Waals surface area (Å²) in [6.45, 7) is 0.544. The minimum Gasteiger partial charge on any atom is -0.340 e. The molecule has 2 aromatic rings. The molecule has 0 saturated carbocycles. The number of nitrogens with zero attached hydrogens (tertiary/aromatic N) is 2. The van der Waals surface area contributed by atoms with Crippen LogP contribution in [0.1, 0.15) is 11.7 Å². The fourth-order valence-electron chi connectivity index (χ4n) is 1.91. The topological polar surface area (TPSA) is 57.9 Å². The van der Waals surface area contributed by atoms with E-state index < -0.39 is 0 Å². The molecule has 18 heavy (non-hydrogen) atoms. The predicted molar refractivity (Wildman–Crippen MR) is 77.2 cm³/mol. The first-order valence-corrected chi connectivity index (χ1v) is 6.60. The van der Waals surface area contributed by atoms with Gasteiger partial charge in [0.05, 0.1) is 11.7 Å². The van der Waals surface area contributed by atoms with Crippen molar-refractivity contribution < 1.29 is 0 Å². The molecule has 1 aromatic carbocycles. The largest absolute Gasteiger partial charge is 0.340 e. The number of H-pyrrole nitrogens is 1. The summed E-state index contributed by atoms with van der Waals surface area (Å²) in [5.74, 6) is 0.859. The quantitative estimate of drug-likeness (QED) is 0.912. The molecule has 0 aliphatic carbocycles. The lowest BCUT2D eigenvalue weighted by atomic mass is 10.2. The van der Waals surface area contributed by atoms with E-state index in [0.29, 0.717) is 6.54 Å². The fraction of sp³-hybridized carbons (Fsp3) is 0.308. The molecule has 4 nitrogen and oxygen atoms in total. The molecule has 1 heterocycles. The van der Waals surface area contributed by atoms with E-state index in [9.17, 15) is 0 Å². The number of hydrogen-bond acceptors (Lipinski definition) is 3. The van der Waals surface area contributed by atoms with Gasteiger partial charge < -0.3 is 10.7 Å². The molecular weight excluding hydrogens is 292 g/mol. The second kappa shape index (κ2) is 5.65. The molecule has 0 aliphatic rings. The van der Waals surface area contributed by atoms with Crippen LogP contribution in [0.2, 0.25) is 0 Å². The van der Waals surface area contributed by atoms with Crippen LogP contribution >= 0.6 is 15.9 Å². The second-order valence-electron chi connectivity index (χ2n) is 4.37. The molecule has 0 saturated heterocycles. The summed E-state index contributed by atoms with van der Waals surface area (Å²) >= 11 is 3.50. The highest BCUT2D eigenvalue weighted by Crippen LogP contribution is 2.27. The van der Waals surface area contributed by atoms with Gasteiger partial charge in [0.25, 0.3) is 0 Å². The Morgan fingerprint density at radius 2 is 2.00 bits per heavy atom. The van der Waals surface area contributed by atoms with E-state index in [4.69, 9.17) is 5.73 Å². The van der Waals surface area contributed by atoms with Gasteiger partial charge in [0.2, 0.25) is 0 Å². The number of aromatic nitrogens is 2. The lowest BCUT2D eigenvalue weighted by Gasteiger charge is -2.21. The number of benzene rings is 1. The smallest absolute Gasteiger partial charge is 0.138 e. The molecule has 96 valence electrons. The molecule has 1 aromatic heterocycles. The van der Waals surface area contributed by atoms with Gasteiger partial charge in [-0.1, -0.05) is 30.3 Å². The summed E-state index contributed by atoms with van der Waals surface area (Å²) < 4.78 is 0.825. The van der Waals surface area contributed by atoms with Crippen LogP contribution in [-0.2, 0) is 0 Å². The summed E-state index contributed by atoms with van der Waals surface area (Å²) in [7, 11) is 4.01. The molecule has 2 rings (SSSR count). The Hall–Kier alpha value is -1.17. The van der Waals surface area contributed by atoms with E-state index in [1.54, 1.807) is 0 Å². The van der Waals surface area contributed by atoms with Crippen molar-refractivity contribution in [1.29, 1.82) is 0 Å². The van der Waals surface area contributed by atoms with Crippen molar-refractivity contribution in [3.05, 3.63) is 40.6 Å². The lowest BCUT2D eigenvalue weighted by molar-refractivity contribution is 0.300. The summed E-state index contributed by atoms with van der Waals surface area (Å²) in [6.07, 6.45) is 0. The molecule has 3 N–H and O–H groups in total. The Labute approximate surface area is 115 Å². The van der Waals surface area contributed by atoms with Gasteiger partial charge in [0.1, 0.15) is 10.4 Å². The van der Waals surface area contributed by atoms with Crippen LogP contribution in [0.3, 0.4) is 0 Å². The van der Waals surface area contributed by atoms with Crippen molar-refractivity contribution in [3.8, 4) is 11.4 Å². The van der Waals surface area contributed by atoms with Crippen LogP contribution in [-0.4, -0.2) is 35.5 Å². The van der Waals surface area contributed by atoms with Crippen LogP contribution in [0.15, 0.2) is 34.9 Å². The van der Waals surface area contributed by atoms with Gasteiger partial charge in [0.15, 0.2) is 0 Å². The molecular formula is C13H17BrN4. The Morgan fingerprint density at radius 3 is 2.56 bits per heavy atom. The highest BCUT2D eigenvalue weighted by molar-refractivity contribution is 9.10. The monoisotopic (exact) mass is 308 g/mol. The summed E-state index contributed by atoms with van der Waals surface area (Å²) in [5.41, 5.74) is 7.90. The van der Waals surface area contributed by atoms with Crippen molar-refractivity contribution in [2.75, 3.05) is 20.6 Å². The number of nitrogens with one attached hydrogen (secondary N) is 1. The maximum Gasteiger partial charge on any atom is 0.138 e. The number of halogens is 1. The molecule has 0 amide bonds. The average molecular weight is 309 g/mol. The summed E-state index contributed by atoms with van der Waals surface area (Å²) in [6, 6.07) is 10.2. The Morgan fingerprint density at radius 1 is 1.33 bits per heavy atom. The molecule has 5 heteroatoms. The normalized spacial score (nSPS) is 12.9. The standard InChI is InChI=1S/C13H17BrN4/c1-18(2)10(8-15)11-12(14)17-13(16-11)9-6-4-3-5-7-9/h3-7,10H,8,15H2,1-2H3,(H,16,17). The maximum atomic E-state index is 5.81. The number of hydrogen-bond donors (Lipinski definition) is 2. The van der Waals surface area contributed by atoms with Crippen molar-refractivity contribution in [2.45, 2.75) is 6.04 Å². The number of imidazole rings is 1. The zero-order valence-corrected chi connectivity index (χ0v) is 12.1. The number of aromatic amines is 1. The number of likely N-dealkylation sites (N-methyl/N-ethyl adjacent to an activating group) is 1. The Kier molecular flexibility index (Phi) is 4.16. The lowest BCUT2D eigenvalue weighted by Crippen LogP contribution is -2.27. The molecule has 0 spiro atoms. The first kappa shape index (κ1) is 13.3. The summed E-state index contributed by atoms with van der Waals surface area (Å²) in [5, 5.41) is 0. The molecule has 0 aliphatic heterocycles. The predicted octanol–water partition coefficient (Wildman–Crippen LogP) is 2.40. The van der Waals surface area contributed by atoms with Crippen LogP contribution < -0.4 is 5.73 Å². The molecule has 0 bridgehead atoms. The third-order valence-corrected chi connectivity index (χ3v) is 3.52. The van der Waals surface area contributed by atoms with E-state index in [-0.39, 0.29) is 6.04 Å². The third-order valence-electron chi connectivity index (χ3n) is 2.91. The van der Waals surface area contributed by atoms with Gasteiger partial charge in [-0.05, 0) is 30.0 Å². The zero-order valence-electron chi connectivity index (χ0n) is 10.5. The van der Waals surface area contributed by atoms with Gasteiger partial charge in [-0.2, -0.15) is 0 Å². The van der Waals surface area contributed by atoms with Crippen molar-refractivity contribution in [3.63, 3.8) is 0 Å². The van der Waals surface area contributed by atoms with E-state index >= 15 is 0 Å². The number of rotatable bonds is 4. The molecule has 1 atom stereocenters. The van der Waals surface area contributed by atoms with Crippen molar-refractivity contribution >= 4 is 15.9 Å². The van der Waals surface area contributed by atoms with Crippen LogP contribution in [0.5, 0.6) is 0 Å². The van der Waals surface area contributed by atoms with Crippen LogP contribution in [0.4, 0.5) is 0 Å². The first-order chi connectivity index (χ1) is 8.63. The minimum atomic E-state index is 0.129. The molecule has 0 fully saturated rings. The number of nitrogens with two attached hydrogens (primary N) is 1. The van der Waals surface area contributed by atoms with Crippen LogP contribution in [0.25, 0.3) is 11.4 Å². The third kappa shape index (κ3) is 2.63. The summed E-state index contributed by atoms with van der Waals surface area (Å²) in [4.78, 5) is 9.94. The second-order valence-corrected chi connectivity index (χ2v) is 5.12. The van der Waals surface area contributed by atoms with Gasteiger partial charge >= 0.3 is 0 Å². The van der Waals surface area contributed by atoms with Gasteiger partial charge in [-0.15, -0.1) is 0 Å². The average Bonchev–Trinajstić information content (AvgIpc) is 2.73. The highest BCUT2D eigenvalue weighted by atomic mass is 79.9. The SMILES string of the molecule is CN(C)C(CN)c1[nH]c(-c2ccccc2)nc1Br. The zero-order chi connectivity index (χ0) is 13.1. The van der Waals surface area contributed by atoms with Crippen molar-refractivity contribution in [2.24, 2.45) is 5.73 Å². The van der Waals surface area contributed by atoms with Gasteiger partial charge in [-0.3, -0.25) is 4.90 Å². The minimum absolute atomic E-state index is 0.129. The van der Waals surface area contributed by atoms with E-state index in [2.05, 4.69) is 30.8 Å². The van der Waals surface area contributed by atoms with Crippen molar-refractivity contribution in [1.82, 2.24) is 14.9 Å². The Balaban J connectivity index is 2.38. The van der Waals surface area contributed by atoms with E-state index in [1.807, 2.05) is 44.4 Å². The Bertz CT molecular complexity index is 507. The molecule has 1 unspecified atom stereocenters. The van der Waals surface area contributed by atoms with Crippen LogP contribution in [0, 0.1) is 0 Å². The fourth-order valence-corrected chi connectivity index (χ4v) is 2.45. The van der Waals surface area contributed by atoms with E-state index in [0.717, 1.165) is 21.7 Å². The van der Waals surface area contributed by atoms with Gasteiger partial charge in [-0.25, -0.2) is 4.98 Å². The molecule has 0 radical (unpaired) electrons.